The monoisotopic (exact) mass is 355 g/mol. The van der Waals surface area contributed by atoms with Gasteiger partial charge in [-0.1, -0.05) is 18.2 Å². The number of carbonyl (C=O) groups excluding carboxylic acids is 1. The quantitative estimate of drug-likeness (QED) is 0.862. The van der Waals surface area contributed by atoms with Gasteiger partial charge in [-0.2, -0.15) is 0 Å². The topological polar surface area (TPSA) is 64.5 Å². The lowest BCUT2D eigenvalue weighted by molar-refractivity contribution is 0.0148. The van der Waals surface area contributed by atoms with Crippen LogP contribution in [0.25, 0.3) is 10.9 Å². The minimum atomic E-state index is 0.0336. The van der Waals surface area contributed by atoms with E-state index in [0.29, 0.717) is 18.7 Å². The summed E-state index contributed by atoms with van der Waals surface area (Å²) >= 11 is 0. The summed E-state index contributed by atoms with van der Waals surface area (Å²) in [6.45, 7) is 3.62. The number of nitrogens with zero attached hydrogens (tertiary/aromatic N) is 1. The Morgan fingerprint density at radius 1 is 1.15 bits per heavy atom. The van der Waals surface area contributed by atoms with E-state index in [1.54, 1.807) is 0 Å². The highest BCUT2D eigenvalue weighted by Crippen LogP contribution is 2.29. The van der Waals surface area contributed by atoms with Crippen molar-refractivity contribution in [1.29, 1.82) is 0 Å². The molecule has 2 atom stereocenters. The van der Waals surface area contributed by atoms with Crippen molar-refractivity contribution in [3.8, 4) is 0 Å². The highest BCUT2D eigenvalue weighted by molar-refractivity contribution is 6.08. The molecule has 5 rings (SSSR count). The molecule has 0 radical (unpaired) electrons. The van der Waals surface area contributed by atoms with E-state index < -0.39 is 0 Å². The number of amides is 1. The van der Waals surface area contributed by atoms with Crippen LogP contribution in [0.15, 0.2) is 24.3 Å². The van der Waals surface area contributed by atoms with Crippen molar-refractivity contribution in [2.75, 3.05) is 19.8 Å². The zero-order valence-corrected chi connectivity index (χ0v) is 14.9. The Kier molecular flexibility index (Phi) is 4.19. The predicted octanol–water partition coefficient (Wildman–Crippen LogP) is 1.81. The van der Waals surface area contributed by atoms with E-state index in [1.165, 1.54) is 0 Å². The van der Waals surface area contributed by atoms with E-state index in [-0.39, 0.29) is 11.9 Å². The summed E-state index contributed by atoms with van der Waals surface area (Å²) in [6.07, 6.45) is 2.82. The molecule has 6 nitrogen and oxygen atoms in total. The first kappa shape index (κ1) is 16.3. The molecule has 6 heteroatoms. The van der Waals surface area contributed by atoms with Gasteiger partial charge >= 0.3 is 0 Å². The highest BCUT2D eigenvalue weighted by Gasteiger charge is 2.33. The summed E-state index contributed by atoms with van der Waals surface area (Å²) in [4.78, 5) is 13.3. The smallest absolute Gasteiger partial charge is 0.254 e. The third-order valence-corrected chi connectivity index (χ3v) is 5.80. The number of aromatic nitrogens is 1. The van der Waals surface area contributed by atoms with Gasteiger partial charge in [-0.05, 0) is 25.3 Å². The average Bonchev–Trinajstić information content (AvgIpc) is 2.77. The van der Waals surface area contributed by atoms with E-state index in [0.717, 1.165) is 67.8 Å². The second-order valence-electron chi connectivity index (χ2n) is 7.64. The number of piperidine rings is 1. The van der Waals surface area contributed by atoms with Gasteiger partial charge in [0.05, 0.1) is 31.1 Å². The number of para-hydroxylation sites is 1. The molecule has 2 unspecified atom stereocenters. The van der Waals surface area contributed by atoms with Crippen molar-refractivity contribution in [3.05, 3.63) is 35.5 Å². The summed E-state index contributed by atoms with van der Waals surface area (Å²) in [7, 11) is 0. The maximum absolute atomic E-state index is 13.3. The molecule has 2 aromatic rings. The number of rotatable bonds is 2. The molecule has 4 heterocycles. The van der Waals surface area contributed by atoms with Gasteiger partial charge in [-0.15, -0.1) is 0 Å². The van der Waals surface area contributed by atoms with Crippen LogP contribution in [0.3, 0.4) is 0 Å². The Bertz CT molecular complexity index is 819. The van der Waals surface area contributed by atoms with Gasteiger partial charge in [0, 0.05) is 42.2 Å². The van der Waals surface area contributed by atoms with E-state index in [9.17, 15) is 4.79 Å². The summed E-state index contributed by atoms with van der Waals surface area (Å²) in [5.74, 6) is 0.0336. The Morgan fingerprint density at radius 2 is 1.96 bits per heavy atom. The summed E-state index contributed by atoms with van der Waals surface area (Å²) < 4.78 is 13.6. The number of morpholine rings is 1. The number of hydrogen-bond donors (Lipinski definition) is 2. The van der Waals surface area contributed by atoms with E-state index in [1.807, 2.05) is 12.1 Å². The molecule has 2 N–H and O–H groups in total. The average molecular weight is 355 g/mol. The van der Waals surface area contributed by atoms with Crippen molar-refractivity contribution in [3.63, 3.8) is 0 Å². The Labute approximate surface area is 152 Å². The number of hydrogen-bond acceptors (Lipinski definition) is 4. The summed E-state index contributed by atoms with van der Waals surface area (Å²) in [5, 5.41) is 7.92. The van der Waals surface area contributed by atoms with Crippen LogP contribution in [0.4, 0.5) is 0 Å². The SMILES string of the molecule is O=C(NC1CC2COCC(C1)N2)c1c2n(c3ccccc13)CCCOC2. The molecule has 3 aliphatic heterocycles. The van der Waals surface area contributed by atoms with Gasteiger partial charge < -0.3 is 24.7 Å². The first-order valence-electron chi connectivity index (χ1n) is 9.62. The number of benzene rings is 1. The second kappa shape index (κ2) is 6.68. The standard InChI is InChI=1S/C20H25N3O3/c24-20(22-13-8-14-10-26-11-15(9-13)21-14)19-16-4-1-2-5-17(16)23-6-3-7-25-12-18(19)23/h1-2,4-5,13-15,21H,3,6-12H2,(H,22,24). The minimum Gasteiger partial charge on any atom is -0.378 e. The van der Waals surface area contributed by atoms with Gasteiger partial charge in [0.25, 0.3) is 5.91 Å². The molecule has 26 heavy (non-hydrogen) atoms. The molecule has 2 fully saturated rings. The lowest BCUT2D eigenvalue weighted by Crippen LogP contribution is -2.58. The number of fused-ring (bicyclic) bond motifs is 5. The van der Waals surface area contributed by atoms with Gasteiger partial charge in [-0.25, -0.2) is 0 Å². The van der Waals surface area contributed by atoms with Crippen LogP contribution in [-0.4, -0.2) is 48.4 Å². The van der Waals surface area contributed by atoms with Crippen LogP contribution in [0.1, 0.15) is 35.3 Å². The van der Waals surface area contributed by atoms with Gasteiger partial charge in [0.15, 0.2) is 0 Å². The van der Waals surface area contributed by atoms with Crippen molar-refractivity contribution >= 4 is 16.8 Å². The Hall–Kier alpha value is -1.89. The molecule has 0 saturated carbocycles. The Balaban J connectivity index is 1.46. The third-order valence-electron chi connectivity index (χ3n) is 5.80. The van der Waals surface area contributed by atoms with Crippen LogP contribution < -0.4 is 10.6 Å². The fourth-order valence-electron chi connectivity index (χ4n) is 4.72. The first-order valence-corrected chi connectivity index (χ1v) is 9.62. The van der Waals surface area contributed by atoms with Crippen molar-refractivity contribution in [1.82, 2.24) is 15.2 Å². The van der Waals surface area contributed by atoms with E-state index in [4.69, 9.17) is 9.47 Å². The Morgan fingerprint density at radius 3 is 2.81 bits per heavy atom. The van der Waals surface area contributed by atoms with Crippen molar-refractivity contribution in [2.24, 2.45) is 0 Å². The fraction of sp³-hybridized carbons (Fsp3) is 0.550. The highest BCUT2D eigenvalue weighted by atomic mass is 16.5. The molecular weight excluding hydrogens is 330 g/mol. The van der Waals surface area contributed by atoms with E-state index >= 15 is 0 Å². The summed E-state index contributed by atoms with van der Waals surface area (Å²) in [6, 6.07) is 9.09. The normalized spacial score (nSPS) is 28.4. The molecule has 3 aliphatic rings. The first-order chi connectivity index (χ1) is 12.8. The van der Waals surface area contributed by atoms with Crippen LogP contribution in [0.5, 0.6) is 0 Å². The molecule has 1 aromatic heterocycles. The second-order valence-corrected chi connectivity index (χ2v) is 7.64. The van der Waals surface area contributed by atoms with Crippen LogP contribution in [-0.2, 0) is 22.6 Å². The zero-order valence-electron chi connectivity index (χ0n) is 14.9. The molecular formula is C20H25N3O3. The lowest BCUT2D eigenvalue weighted by Gasteiger charge is -2.40. The van der Waals surface area contributed by atoms with Crippen LogP contribution in [0.2, 0.25) is 0 Å². The molecule has 138 valence electrons. The lowest BCUT2D eigenvalue weighted by atomic mass is 9.92. The number of ether oxygens (including phenoxy) is 2. The van der Waals surface area contributed by atoms with E-state index in [2.05, 4.69) is 27.3 Å². The fourth-order valence-corrected chi connectivity index (χ4v) is 4.72. The predicted molar refractivity (Wildman–Crippen MR) is 98.2 cm³/mol. The van der Waals surface area contributed by atoms with Gasteiger partial charge in [0.1, 0.15) is 0 Å². The zero-order chi connectivity index (χ0) is 17.5. The maximum Gasteiger partial charge on any atom is 0.254 e. The van der Waals surface area contributed by atoms with Crippen molar-refractivity contribution < 1.29 is 14.3 Å². The van der Waals surface area contributed by atoms with Crippen LogP contribution >= 0.6 is 0 Å². The third kappa shape index (κ3) is 2.82. The number of carbonyl (C=O) groups is 1. The van der Waals surface area contributed by atoms with Gasteiger partial charge in [0.2, 0.25) is 0 Å². The largest absolute Gasteiger partial charge is 0.378 e. The molecule has 0 aliphatic carbocycles. The molecule has 0 spiro atoms. The minimum absolute atomic E-state index is 0.0336. The van der Waals surface area contributed by atoms with Gasteiger partial charge in [-0.3, -0.25) is 4.79 Å². The number of nitrogens with one attached hydrogen (secondary N) is 2. The molecule has 1 amide bonds. The molecule has 2 bridgehead atoms. The van der Waals surface area contributed by atoms with Crippen molar-refractivity contribution in [2.45, 2.75) is 50.5 Å². The molecule has 1 aromatic carbocycles. The summed E-state index contributed by atoms with van der Waals surface area (Å²) in [5.41, 5.74) is 2.94. The number of aryl methyl sites for hydroxylation is 1. The van der Waals surface area contributed by atoms with Crippen LogP contribution in [0, 0.1) is 0 Å². The maximum atomic E-state index is 13.3. The molecule has 2 saturated heterocycles.